The van der Waals surface area contributed by atoms with Crippen LogP contribution in [0.4, 0.5) is 0 Å². The van der Waals surface area contributed by atoms with E-state index >= 15 is 0 Å². The molecule has 1 nitrogen and oxygen atoms in total. The third-order valence-corrected chi connectivity index (χ3v) is 3.21. The Labute approximate surface area is 103 Å². The summed E-state index contributed by atoms with van der Waals surface area (Å²) >= 11 is 1.88. The molecule has 0 fully saturated rings. The van der Waals surface area contributed by atoms with Crippen LogP contribution >= 0.6 is 11.8 Å². The summed E-state index contributed by atoms with van der Waals surface area (Å²) in [7, 11) is 0. The number of thioether (sulfide) groups is 1. The van der Waals surface area contributed by atoms with Crippen molar-refractivity contribution >= 4 is 11.8 Å². The minimum absolute atomic E-state index is 0.436. The Morgan fingerprint density at radius 3 is 2.62 bits per heavy atom. The van der Waals surface area contributed by atoms with Gasteiger partial charge in [-0.3, -0.25) is 0 Å². The van der Waals surface area contributed by atoms with Gasteiger partial charge in [0, 0.05) is 17.8 Å². The maximum Gasteiger partial charge on any atom is 0.0413 e. The van der Waals surface area contributed by atoms with Crippen LogP contribution in [-0.2, 0) is 0 Å². The van der Waals surface area contributed by atoms with Crippen molar-refractivity contribution in [3.63, 3.8) is 0 Å². The topological polar surface area (TPSA) is 12.0 Å². The van der Waals surface area contributed by atoms with Gasteiger partial charge in [-0.15, -0.1) is 6.58 Å². The van der Waals surface area contributed by atoms with Crippen LogP contribution in [-0.4, -0.2) is 18.1 Å². The summed E-state index contributed by atoms with van der Waals surface area (Å²) in [4.78, 5) is 0. The van der Waals surface area contributed by atoms with Crippen LogP contribution in [0.5, 0.6) is 0 Å². The van der Waals surface area contributed by atoms with Crippen molar-refractivity contribution < 1.29 is 0 Å². The predicted molar refractivity (Wildman–Crippen MR) is 75.0 cm³/mol. The summed E-state index contributed by atoms with van der Waals surface area (Å²) < 4.78 is 0. The highest BCUT2D eigenvalue weighted by atomic mass is 32.2. The second kappa shape index (κ2) is 7.53. The van der Waals surface area contributed by atoms with Gasteiger partial charge in [0.25, 0.3) is 0 Å². The first-order valence-electron chi connectivity index (χ1n) is 5.68. The fourth-order valence-electron chi connectivity index (χ4n) is 1.75. The fourth-order valence-corrected chi connectivity index (χ4v) is 2.38. The molecule has 2 atom stereocenters. The highest BCUT2D eigenvalue weighted by Crippen LogP contribution is 2.18. The molecule has 0 aliphatic rings. The van der Waals surface area contributed by atoms with Crippen molar-refractivity contribution in [1.29, 1.82) is 0 Å². The van der Waals surface area contributed by atoms with Crippen LogP contribution < -0.4 is 5.32 Å². The van der Waals surface area contributed by atoms with Gasteiger partial charge < -0.3 is 5.32 Å². The highest BCUT2D eigenvalue weighted by molar-refractivity contribution is 7.98. The lowest BCUT2D eigenvalue weighted by molar-refractivity contribution is 0.487. The molecule has 2 unspecified atom stereocenters. The van der Waals surface area contributed by atoms with Crippen molar-refractivity contribution in [2.45, 2.75) is 25.4 Å². The lowest BCUT2D eigenvalue weighted by atomic mass is 10.1. The van der Waals surface area contributed by atoms with E-state index in [0.717, 1.165) is 12.2 Å². The Morgan fingerprint density at radius 2 is 2.06 bits per heavy atom. The molecule has 0 heterocycles. The van der Waals surface area contributed by atoms with Gasteiger partial charge in [0.1, 0.15) is 0 Å². The Kier molecular flexibility index (Phi) is 6.27. The first-order chi connectivity index (χ1) is 7.77. The molecule has 16 heavy (non-hydrogen) atoms. The van der Waals surface area contributed by atoms with Gasteiger partial charge in [0.05, 0.1) is 0 Å². The van der Waals surface area contributed by atoms with Crippen LogP contribution in [0.15, 0.2) is 43.0 Å². The summed E-state index contributed by atoms with van der Waals surface area (Å²) in [5, 5.41) is 3.64. The van der Waals surface area contributed by atoms with E-state index in [1.54, 1.807) is 0 Å². The molecule has 0 bridgehead atoms. The SMILES string of the molecule is C=CCC(C)NC(CSC)c1ccccc1. The molecule has 0 saturated carbocycles. The maximum absolute atomic E-state index is 3.78. The van der Waals surface area contributed by atoms with Crippen molar-refractivity contribution in [2.24, 2.45) is 0 Å². The molecule has 0 amide bonds. The normalized spacial score (nSPS) is 14.4. The maximum atomic E-state index is 3.78. The third kappa shape index (κ3) is 4.42. The van der Waals surface area contributed by atoms with E-state index in [1.807, 2.05) is 17.8 Å². The zero-order valence-corrected chi connectivity index (χ0v) is 11.0. The van der Waals surface area contributed by atoms with Crippen molar-refractivity contribution in [3.05, 3.63) is 48.6 Å². The van der Waals surface area contributed by atoms with Gasteiger partial charge in [-0.1, -0.05) is 36.4 Å². The van der Waals surface area contributed by atoms with Crippen LogP contribution in [0.25, 0.3) is 0 Å². The zero-order valence-electron chi connectivity index (χ0n) is 10.1. The van der Waals surface area contributed by atoms with Gasteiger partial charge in [-0.25, -0.2) is 0 Å². The van der Waals surface area contributed by atoms with Crippen molar-refractivity contribution in [2.75, 3.05) is 12.0 Å². The smallest absolute Gasteiger partial charge is 0.0413 e. The molecule has 2 heteroatoms. The summed E-state index contributed by atoms with van der Waals surface area (Å²) in [6, 6.07) is 11.6. The minimum Gasteiger partial charge on any atom is -0.306 e. The molecule has 0 saturated heterocycles. The van der Waals surface area contributed by atoms with E-state index in [1.165, 1.54) is 5.56 Å². The summed E-state index contributed by atoms with van der Waals surface area (Å²) in [5.41, 5.74) is 1.37. The number of rotatable bonds is 7. The van der Waals surface area contributed by atoms with E-state index < -0.39 is 0 Å². The largest absolute Gasteiger partial charge is 0.306 e. The lowest BCUT2D eigenvalue weighted by Crippen LogP contribution is -2.31. The standard InChI is InChI=1S/C14H21NS/c1-4-8-12(2)15-14(11-16-3)13-9-6-5-7-10-13/h4-7,9-10,12,14-15H,1,8,11H2,2-3H3. The monoisotopic (exact) mass is 235 g/mol. The summed E-state index contributed by atoms with van der Waals surface area (Å²) in [6.45, 7) is 5.99. The molecule has 0 aromatic heterocycles. The van der Waals surface area contributed by atoms with Gasteiger partial charge >= 0.3 is 0 Å². The van der Waals surface area contributed by atoms with Crippen LogP contribution in [0.2, 0.25) is 0 Å². The molecule has 1 N–H and O–H groups in total. The van der Waals surface area contributed by atoms with Gasteiger partial charge in [0.2, 0.25) is 0 Å². The summed E-state index contributed by atoms with van der Waals surface area (Å²) in [5.74, 6) is 1.10. The van der Waals surface area contributed by atoms with E-state index in [2.05, 4.69) is 55.4 Å². The molecule has 0 aliphatic carbocycles. The molecule has 0 spiro atoms. The fraction of sp³-hybridized carbons (Fsp3) is 0.429. The second-order valence-corrected chi connectivity index (χ2v) is 4.92. The van der Waals surface area contributed by atoms with Crippen LogP contribution in [0.1, 0.15) is 24.9 Å². The van der Waals surface area contributed by atoms with Crippen molar-refractivity contribution in [3.8, 4) is 0 Å². The third-order valence-electron chi connectivity index (χ3n) is 2.54. The minimum atomic E-state index is 0.436. The second-order valence-electron chi connectivity index (χ2n) is 4.01. The van der Waals surface area contributed by atoms with Crippen molar-refractivity contribution in [1.82, 2.24) is 5.32 Å². The first-order valence-corrected chi connectivity index (χ1v) is 7.08. The zero-order chi connectivity index (χ0) is 11.8. The molecular weight excluding hydrogens is 214 g/mol. The van der Waals surface area contributed by atoms with Gasteiger partial charge in [-0.05, 0) is 25.2 Å². The molecule has 88 valence electrons. The molecule has 0 aliphatic heterocycles. The molecular formula is C14H21NS. The Hall–Kier alpha value is -0.730. The average Bonchev–Trinajstić information content (AvgIpc) is 2.30. The number of hydrogen-bond donors (Lipinski definition) is 1. The van der Waals surface area contributed by atoms with E-state index in [0.29, 0.717) is 12.1 Å². The molecule has 1 aromatic carbocycles. The number of benzene rings is 1. The highest BCUT2D eigenvalue weighted by Gasteiger charge is 2.12. The molecule has 1 rings (SSSR count). The van der Waals surface area contributed by atoms with E-state index in [4.69, 9.17) is 0 Å². The van der Waals surface area contributed by atoms with E-state index in [9.17, 15) is 0 Å². The molecule has 1 aromatic rings. The van der Waals surface area contributed by atoms with E-state index in [-0.39, 0.29) is 0 Å². The average molecular weight is 235 g/mol. The number of hydrogen-bond acceptors (Lipinski definition) is 2. The Bertz CT molecular complexity index is 297. The Morgan fingerprint density at radius 1 is 1.38 bits per heavy atom. The summed E-state index contributed by atoms with van der Waals surface area (Å²) in [6.07, 6.45) is 5.13. The quantitative estimate of drug-likeness (QED) is 0.724. The lowest BCUT2D eigenvalue weighted by Gasteiger charge is -2.22. The molecule has 0 radical (unpaired) electrons. The van der Waals surface area contributed by atoms with Crippen LogP contribution in [0, 0.1) is 0 Å². The van der Waals surface area contributed by atoms with Crippen LogP contribution in [0.3, 0.4) is 0 Å². The first kappa shape index (κ1) is 13.3. The predicted octanol–water partition coefficient (Wildman–Crippen LogP) is 3.64. The van der Waals surface area contributed by atoms with Gasteiger partial charge in [-0.2, -0.15) is 11.8 Å². The number of nitrogens with one attached hydrogen (secondary N) is 1. The van der Waals surface area contributed by atoms with Gasteiger partial charge in [0.15, 0.2) is 0 Å². The Balaban J connectivity index is 2.64.